The molecular formula is C36H33N7O3. The third-order valence-corrected chi connectivity index (χ3v) is 8.29. The lowest BCUT2D eigenvalue weighted by atomic mass is 10.0. The number of pyridine rings is 2. The van der Waals surface area contributed by atoms with Gasteiger partial charge in [-0.15, -0.1) is 0 Å². The highest BCUT2D eigenvalue weighted by atomic mass is 16.5. The maximum absolute atomic E-state index is 13.2. The van der Waals surface area contributed by atoms with Gasteiger partial charge in [0.15, 0.2) is 0 Å². The van der Waals surface area contributed by atoms with Crippen molar-refractivity contribution in [2.75, 3.05) is 43.5 Å². The fraction of sp³-hybridized carbons (Fsp3) is 0.167. The van der Waals surface area contributed by atoms with E-state index in [0.717, 1.165) is 49.5 Å². The number of carbonyl (C=O) groups excluding carboxylic acids is 1. The van der Waals surface area contributed by atoms with Crippen LogP contribution in [0, 0.1) is 0 Å². The van der Waals surface area contributed by atoms with Crippen LogP contribution >= 0.6 is 0 Å². The third kappa shape index (κ3) is 6.11. The fourth-order valence-corrected chi connectivity index (χ4v) is 5.82. The first kappa shape index (κ1) is 29.0. The number of anilines is 2. The summed E-state index contributed by atoms with van der Waals surface area (Å²) >= 11 is 0. The second-order valence-electron chi connectivity index (χ2n) is 11.2. The van der Waals surface area contributed by atoms with Gasteiger partial charge in [0, 0.05) is 73.8 Å². The number of hydrogen-bond donors (Lipinski definition) is 3. The van der Waals surface area contributed by atoms with E-state index in [-0.39, 0.29) is 11.7 Å². The van der Waals surface area contributed by atoms with E-state index in [4.69, 9.17) is 4.74 Å². The number of ether oxygens (including phenoxy) is 1. The Labute approximate surface area is 266 Å². The van der Waals surface area contributed by atoms with Crippen LogP contribution in [-0.4, -0.2) is 69.1 Å². The van der Waals surface area contributed by atoms with Gasteiger partial charge >= 0.3 is 0 Å². The number of aromatic hydroxyl groups is 1. The van der Waals surface area contributed by atoms with E-state index in [1.54, 1.807) is 43.6 Å². The zero-order valence-electron chi connectivity index (χ0n) is 25.4. The van der Waals surface area contributed by atoms with Crippen LogP contribution in [0.2, 0.25) is 0 Å². The van der Waals surface area contributed by atoms with Gasteiger partial charge in [0.05, 0.1) is 23.7 Å². The van der Waals surface area contributed by atoms with E-state index in [1.807, 2.05) is 42.7 Å². The number of aromatic nitrogens is 4. The third-order valence-electron chi connectivity index (χ3n) is 8.29. The molecule has 0 bridgehead atoms. The molecule has 10 nitrogen and oxygen atoms in total. The summed E-state index contributed by atoms with van der Waals surface area (Å²) in [6.45, 7) is 4.81. The van der Waals surface area contributed by atoms with E-state index in [0.29, 0.717) is 33.9 Å². The van der Waals surface area contributed by atoms with Crippen molar-refractivity contribution in [3.63, 3.8) is 0 Å². The highest BCUT2D eigenvalue weighted by Crippen LogP contribution is 2.35. The van der Waals surface area contributed by atoms with Crippen molar-refractivity contribution in [2.24, 2.45) is 0 Å². The van der Waals surface area contributed by atoms with Gasteiger partial charge in [-0.2, -0.15) is 0 Å². The summed E-state index contributed by atoms with van der Waals surface area (Å²) in [6.07, 6.45) is 5.34. The minimum absolute atomic E-state index is 0.0827. The molecule has 46 heavy (non-hydrogen) atoms. The Morgan fingerprint density at radius 3 is 2.50 bits per heavy atom. The van der Waals surface area contributed by atoms with Crippen molar-refractivity contribution in [2.45, 2.75) is 6.54 Å². The molecule has 4 heterocycles. The molecule has 3 aromatic carbocycles. The van der Waals surface area contributed by atoms with Crippen molar-refractivity contribution in [3.05, 3.63) is 115 Å². The Morgan fingerprint density at radius 2 is 1.72 bits per heavy atom. The van der Waals surface area contributed by atoms with E-state index in [1.165, 1.54) is 11.3 Å². The molecule has 7 rings (SSSR count). The molecule has 1 fully saturated rings. The average molecular weight is 612 g/mol. The molecule has 1 saturated heterocycles. The number of benzene rings is 3. The van der Waals surface area contributed by atoms with Crippen LogP contribution in [0.3, 0.4) is 0 Å². The molecule has 0 atom stereocenters. The van der Waals surface area contributed by atoms with E-state index >= 15 is 0 Å². The summed E-state index contributed by atoms with van der Waals surface area (Å²) in [5, 5.41) is 13.7. The molecule has 6 aromatic rings. The predicted octanol–water partition coefficient (Wildman–Crippen LogP) is 5.98. The van der Waals surface area contributed by atoms with E-state index in [9.17, 15) is 9.90 Å². The molecule has 230 valence electrons. The van der Waals surface area contributed by atoms with Crippen molar-refractivity contribution in [1.82, 2.24) is 24.8 Å². The number of hydrogen-bond acceptors (Lipinski definition) is 8. The number of imidazole rings is 1. The number of amides is 1. The average Bonchev–Trinajstić information content (AvgIpc) is 3.53. The van der Waals surface area contributed by atoms with Gasteiger partial charge in [0.1, 0.15) is 11.6 Å². The number of H-pyrrole nitrogens is 1. The molecule has 3 N–H and O–H groups in total. The molecule has 3 aromatic heterocycles. The van der Waals surface area contributed by atoms with Gasteiger partial charge in [0.2, 0.25) is 5.88 Å². The maximum Gasteiger partial charge on any atom is 0.255 e. The van der Waals surface area contributed by atoms with Gasteiger partial charge in [-0.25, -0.2) is 9.97 Å². The summed E-state index contributed by atoms with van der Waals surface area (Å²) in [6, 6.07) is 26.5. The zero-order valence-corrected chi connectivity index (χ0v) is 25.4. The molecule has 1 aliphatic heterocycles. The van der Waals surface area contributed by atoms with Crippen molar-refractivity contribution >= 4 is 28.3 Å². The van der Waals surface area contributed by atoms with E-state index < -0.39 is 0 Å². The van der Waals surface area contributed by atoms with Gasteiger partial charge in [-0.3, -0.25) is 14.7 Å². The van der Waals surface area contributed by atoms with Crippen molar-refractivity contribution < 1.29 is 14.6 Å². The minimum atomic E-state index is -0.216. The van der Waals surface area contributed by atoms with Crippen LogP contribution in [0.4, 0.5) is 11.4 Å². The minimum Gasteiger partial charge on any atom is -0.507 e. The Balaban J connectivity index is 1.01. The fourth-order valence-electron chi connectivity index (χ4n) is 5.82. The molecule has 1 aliphatic rings. The normalized spacial score (nSPS) is 13.5. The SMILES string of the molecule is COc1ncccc1-c1ccc(O)c(-c2nc3ccc(C(=O)Nc4ccc(CN5CCN(c6ccncc6)CC5)cc4)cc3[nH]2)c1. The van der Waals surface area contributed by atoms with Crippen LogP contribution in [0.5, 0.6) is 11.6 Å². The number of methoxy groups -OCH3 is 1. The Kier molecular flexibility index (Phi) is 8.01. The quantitative estimate of drug-likeness (QED) is 0.193. The topological polar surface area (TPSA) is 120 Å². The number of phenols is 1. The van der Waals surface area contributed by atoms with Gasteiger partial charge in [0.25, 0.3) is 5.91 Å². The Morgan fingerprint density at radius 1 is 0.913 bits per heavy atom. The highest BCUT2D eigenvalue weighted by molar-refractivity contribution is 6.06. The summed E-state index contributed by atoms with van der Waals surface area (Å²) in [4.78, 5) is 34.4. The number of nitrogens with zero attached hydrogens (tertiary/aromatic N) is 5. The number of nitrogens with one attached hydrogen (secondary N) is 2. The second-order valence-corrected chi connectivity index (χ2v) is 11.2. The Hall–Kier alpha value is -5.74. The smallest absolute Gasteiger partial charge is 0.255 e. The zero-order chi connectivity index (χ0) is 31.5. The molecule has 0 spiro atoms. The summed E-state index contributed by atoms with van der Waals surface area (Å²) in [5.74, 6) is 0.847. The first-order valence-corrected chi connectivity index (χ1v) is 15.1. The summed E-state index contributed by atoms with van der Waals surface area (Å²) < 4.78 is 5.41. The van der Waals surface area contributed by atoms with Crippen LogP contribution in [0.15, 0.2) is 104 Å². The monoisotopic (exact) mass is 611 g/mol. The number of phenolic OH excluding ortho intramolecular Hbond substituents is 1. The van der Waals surface area contributed by atoms with Crippen molar-refractivity contribution in [1.29, 1.82) is 0 Å². The molecule has 0 aliphatic carbocycles. The summed E-state index contributed by atoms with van der Waals surface area (Å²) in [5.41, 5.74) is 7.17. The Bertz CT molecular complexity index is 1990. The standard InChI is InChI=1S/C36H33N7O3/c1-46-36-29(3-2-14-38-36)25-7-11-33(44)30(21-25)34-40-31-10-6-26(22-32(31)41-34)35(45)39-27-8-4-24(5-9-27)23-42-17-19-43(20-18-42)28-12-15-37-16-13-28/h2-16,21-22,44H,17-20,23H2,1H3,(H,39,45)(H,40,41). The number of piperazine rings is 1. The van der Waals surface area contributed by atoms with Gasteiger partial charge in [-0.1, -0.05) is 18.2 Å². The van der Waals surface area contributed by atoms with Crippen LogP contribution < -0.4 is 15.0 Å². The van der Waals surface area contributed by atoms with E-state index in [2.05, 4.69) is 59.3 Å². The van der Waals surface area contributed by atoms with Gasteiger partial charge in [-0.05, 0) is 77.9 Å². The molecule has 0 radical (unpaired) electrons. The number of rotatable bonds is 8. The number of carbonyl (C=O) groups is 1. The van der Waals surface area contributed by atoms with Crippen LogP contribution in [0.25, 0.3) is 33.5 Å². The van der Waals surface area contributed by atoms with Crippen LogP contribution in [0.1, 0.15) is 15.9 Å². The van der Waals surface area contributed by atoms with Crippen LogP contribution in [-0.2, 0) is 6.54 Å². The lowest BCUT2D eigenvalue weighted by molar-refractivity contribution is 0.102. The lowest BCUT2D eigenvalue weighted by Gasteiger charge is -2.36. The first-order valence-electron chi connectivity index (χ1n) is 15.1. The first-order chi connectivity index (χ1) is 22.5. The molecule has 0 saturated carbocycles. The van der Waals surface area contributed by atoms with Crippen molar-refractivity contribution in [3.8, 4) is 34.1 Å². The number of fused-ring (bicyclic) bond motifs is 1. The highest BCUT2D eigenvalue weighted by Gasteiger charge is 2.18. The second kappa shape index (κ2) is 12.7. The molecular weight excluding hydrogens is 578 g/mol. The van der Waals surface area contributed by atoms with Gasteiger partial charge < -0.3 is 25.0 Å². The lowest BCUT2D eigenvalue weighted by Crippen LogP contribution is -2.45. The molecule has 0 unspecified atom stereocenters. The summed E-state index contributed by atoms with van der Waals surface area (Å²) in [7, 11) is 1.57. The maximum atomic E-state index is 13.2. The molecule has 1 amide bonds. The largest absolute Gasteiger partial charge is 0.507 e. The number of aromatic amines is 1. The predicted molar refractivity (Wildman–Crippen MR) is 179 cm³/mol. The molecule has 10 heteroatoms.